The van der Waals surface area contributed by atoms with Gasteiger partial charge in [0.05, 0.1) is 0 Å². The number of nitrogens with one attached hydrogen (secondary N) is 1. The minimum Gasteiger partial charge on any atom is -0.356 e. The summed E-state index contributed by atoms with van der Waals surface area (Å²) in [7, 11) is 2.09. The highest BCUT2D eigenvalue weighted by Gasteiger charge is 2.27. The molecule has 0 spiro atoms. The van der Waals surface area contributed by atoms with E-state index in [1.54, 1.807) is 10.7 Å². The predicted molar refractivity (Wildman–Crippen MR) is 126 cm³/mol. The van der Waals surface area contributed by atoms with Crippen molar-refractivity contribution >= 4 is 22.7 Å². The number of carbonyl (C=O) groups is 2. The Morgan fingerprint density at radius 3 is 2.81 bits per heavy atom. The molecule has 7 heteroatoms. The fourth-order valence-electron chi connectivity index (χ4n) is 4.81. The van der Waals surface area contributed by atoms with Crippen molar-refractivity contribution in [2.75, 3.05) is 19.6 Å². The Hall–Kier alpha value is -3.09. The monoisotopic (exact) mass is 435 g/mol. The van der Waals surface area contributed by atoms with E-state index in [-0.39, 0.29) is 17.7 Å². The van der Waals surface area contributed by atoms with E-state index in [9.17, 15) is 9.59 Å². The Balaban J connectivity index is 1.29. The first-order chi connectivity index (χ1) is 15.5. The molecule has 1 saturated heterocycles. The van der Waals surface area contributed by atoms with Crippen LogP contribution in [0.1, 0.15) is 47.9 Å². The molecule has 0 saturated carbocycles. The van der Waals surface area contributed by atoms with Crippen molar-refractivity contribution < 1.29 is 9.59 Å². The summed E-state index contributed by atoms with van der Waals surface area (Å²) in [4.78, 5) is 27.2. The highest BCUT2D eigenvalue weighted by molar-refractivity contribution is 5.92. The first-order valence-corrected chi connectivity index (χ1v) is 11.6. The Morgan fingerprint density at radius 1 is 1.22 bits per heavy atom. The minimum atomic E-state index is -0.0336. The van der Waals surface area contributed by atoms with Crippen LogP contribution in [-0.2, 0) is 24.8 Å². The highest BCUT2D eigenvalue weighted by Crippen LogP contribution is 2.25. The van der Waals surface area contributed by atoms with E-state index in [1.165, 1.54) is 22.2 Å². The molecule has 3 heterocycles. The molecule has 1 aliphatic rings. The van der Waals surface area contributed by atoms with Crippen LogP contribution in [-0.4, -0.2) is 50.7 Å². The molecule has 2 aromatic heterocycles. The van der Waals surface area contributed by atoms with Gasteiger partial charge in [-0.1, -0.05) is 18.2 Å². The number of likely N-dealkylation sites (tertiary alicyclic amines) is 1. The molecule has 2 amide bonds. The first-order valence-electron chi connectivity index (χ1n) is 11.6. The zero-order valence-electron chi connectivity index (χ0n) is 19.3. The van der Waals surface area contributed by atoms with Gasteiger partial charge in [-0.2, -0.15) is 5.10 Å². The van der Waals surface area contributed by atoms with E-state index in [0.29, 0.717) is 25.2 Å². The highest BCUT2D eigenvalue weighted by atomic mass is 16.2. The summed E-state index contributed by atoms with van der Waals surface area (Å²) in [6, 6.07) is 10.2. The van der Waals surface area contributed by atoms with Gasteiger partial charge in [0, 0.05) is 62.4 Å². The van der Waals surface area contributed by atoms with Crippen LogP contribution in [0.25, 0.3) is 10.9 Å². The normalized spacial score (nSPS) is 16.5. The van der Waals surface area contributed by atoms with Gasteiger partial charge in [-0.3, -0.25) is 14.3 Å². The standard InChI is InChI=1S/C25H33N5O2/c1-4-30-15-12-22(27-30)25(32)29-14-7-8-19(17-29)16-24(31)26-13-11-20-18(2)28(3)23-10-6-5-9-21(20)23/h5-6,9-10,12,15,19H,4,7-8,11,13-14,16-17H2,1-3H3,(H,26,31). The maximum Gasteiger partial charge on any atom is 0.274 e. The number of benzene rings is 1. The van der Waals surface area contributed by atoms with Gasteiger partial charge in [0.1, 0.15) is 5.69 Å². The Bertz CT molecular complexity index is 1110. The molecule has 1 aromatic carbocycles. The average molecular weight is 436 g/mol. The number of aromatic nitrogens is 3. The first kappa shape index (κ1) is 22.1. The molecule has 32 heavy (non-hydrogen) atoms. The van der Waals surface area contributed by atoms with Crippen LogP contribution in [0, 0.1) is 12.8 Å². The molecule has 170 valence electrons. The van der Waals surface area contributed by atoms with E-state index in [2.05, 4.69) is 53.2 Å². The van der Waals surface area contributed by atoms with Crippen molar-refractivity contribution in [3.05, 3.63) is 53.5 Å². The van der Waals surface area contributed by atoms with Crippen molar-refractivity contribution in [3.8, 4) is 0 Å². The molecule has 1 fully saturated rings. The van der Waals surface area contributed by atoms with Crippen LogP contribution in [0.15, 0.2) is 36.5 Å². The van der Waals surface area contributed by atoms with E-state index < -0.39 is 0 Å². The fourth-order valence-corrected chi connectivity index (χ4v) is 4.81. The molecule has 3 aromatic rings. The van der Waals surface area contributed by atoms with Gasteiger partial charge in [-0.15, -0.1) is 0 Å². The van der Waals surface area contributed by atoms with Crippen molar-refractivity contribution in [2.45, 2.75) is 46.1 Å². The summed E-state index contributed by atoms with van der Waals surface area (Å²) < 4.78 is 3.98. The van der Waals surface area contributed by atoms with Gasteiger partial charge >= 0.3 is 0 Å². The maximum atomic E-state index is 12.8. The molecular weight excluding hydrogens is 402 g/mol. The number of para-hydroxylation sites is 1. The molecule has 1 atom stereocenters. The minimum absolute atomic E-state index is 0.0336. The summed E-state index contributed by atoms with van der Waals surface area (Å²) in [5, 5.41) is 8.69. The van der Waals surface area contributed by atoms with Crippen molar-refractivity contribution in [1.29, 1.82) is 0 Å². The van der Waals surface area contributed by atoms with E-state index in [4.69, 9.17) is 0 Å². The number of nitrogens with zero attached hydrogens (tertiary/aromatic N) is 4. The topological polar surface area (TPSA) is 72.2 Å². The largest absolute Gasteiger partial charge is 0.356 e. The van der Waals surface area contributed by atoms with Gasteiger partial charge in [0.15, 0.2) is 0 Å². The molecule has 1 aliphatic heterocycles. The molecular formula is C25H33N5O2. The summed E-state index contributed by atoms with van der Waals surface area (Å²) >= 11 is 0. The molecule has 0 aliphatic carbocycles. The zero-order chi connectivity index (χ0) is 22.7. The van der Waals surface area contributed by atoms with Crippen LogP contribution in [0.4, 0.5) is 0 Å². The quantitative estimate of drug-likeness (QED) is 0.619. The molecule has 1 N–H and O–H groups in total. The van der Waals surface area contributed by atoms with Crippen LogP contribution < -0.4 is 5.32 Å². The second kappa shape index (κ2) is 9.59. The number of fused-ring (bicyclic) bond motifs is 1. The smallest absolute Gasteiger partial charge is 0.274 e. The molecule has 4 rings (SSSR count). The number of amides is 2. The lowest BCUT2D eigenvalue weighted by molar-refractivity contribution is -0.122. The van der Waals surface area contributed by atoms with E-state index in [0.717, 1.165) is 32.4 Å². The van der Waals surface area contributed by atoms with Gasteiger partial charge in [0.25, 0.3) is 5.91 Å². The predicted octanol–water partition coefficient (Wildman–Crippen LogP) is 3.30. The Morgan fingerprint density at radius 2 is 2.03 bits per heavy atom. The van der Waals surface area contributed by atoms with E-state index >= 15 is 0 Å². The SMILES string of the molecule is CCn1ccc(C(=O)N2CCCC(CC(=O)NCCc3c(C)n(C)c4ccccc34)C2)n1. The van der Waals surface area contributed by atoms with Crippen molar-refractivity contribution in [2.24, 2.45) is 13.0 Å². The number of rotatable bonds is 7. The molecule has 1 unspecified atom stereocenters. The van der Waals surface area contributed by atoms with Crippen LogP contribution in [0.5, 0.6) is 0 Å². The number of carbonyl (C=O) groups excluding carboxylic acids is 2. The summed E-state index contributed by atoms with van der Waals surface area (Å²) in [6.07, 6.45) is 5.01. The second-order valence-electron chi connectivity index (χ2n) is 8.76. The number of hydrogen-bond acceptors (Lipinski definition) is 3. The lowest BCUT2D eigenvalue weighted by Crippen LogP contribution is -2.41. The summed E-state index contributed by atoms with van der Waals surface area (Å²) in [5.74, 6) is 0.228. The number of piperidine rings is 1. The summed E-state index contributed by atoms with van der Waals surface area (Å²) in [5.41, 5.74) is 4.25. The summed E-state index contributed by atoms with van der Waals surface area (Å²) in [6.45, 7) is 6.85. The van der Waals surface area contributed by atoms with Gasteiger partial charge in [0.2, 0.25) is 5.91 Å². The number of aryl methyl sites for hydroxylation is 2. The Kier molecular flexibility index (Phi) is 6.63. The zero-order valence-corrected chi connectivity index (χ0v) is 19.3. The molecule has 0 bridgehead atoms. The average Bonchev–Trinajstić information content (AvgIpc) is 3.38. The molecule has 0 radical (unpaired) electrons. The third-order valence-electron chi connectivity index (χ3n) is 6.69. The van der Waals surface area contributed by atoms with Crippen LogP contribution >= 0.6 is 0 Å². The van der Waals surface area contributed by atoms with E-state index in [1.807, 2.05) is 18.0 Å². The lowest BCUT2D eigenvalue weighted by Gasteiger charge is -2.32. The second-order valence-corrected chi connectivity index (χ2v) is 8.76. The van der Waals surface area contributed by atoms with Crippen LogP contribution in [0.2, 0.25) is 0 Å². The third kappa shape index (κ3) is 4.56. The van der Waals surface area contributed by atoms with Gasteiger partial charge < -0.3 is 14.8 Å². The lowest BCUT2D eigenvalue weighted by atomic mass is 9.94. The molecule has 7 nitrogen and oxygen atoms in total. The van der Waals surface area contributed by atoms with Crippen molar-refractivity contribution in [1.82, 2.24) is 24.6 Å². The maximum absolute atomic E-state index is 12.8. The van der Waals surface area contributed by atoms with Crippen LogP contribution in [0.3, 0.4) is 0 Å². The van der Waals surface area contributed by atoms with Gasteiger partial charge in [-0.05, 0) is 56.7 Å². The van der Waals surface area contributed by atoms with Gasteiger partial charge in [-0.25, -0.2) is 0 Å². The van der Waals surface area contributed by atoms with Crippen molar-refractivity contribution in [3.63, 3.8) is 0 Å². The Labute approximate surface area is 189 Å². The number of hydrogen-bond donors (Lipinski definition) is 1. The third-order valence-corrected chi connectivity index (χ3v) is 6.69. The fraction of sp³-hybridized carbons (Fsp3) is 0.480.